The minimum atomic E-state index is -0.0146. The Morgan fingerprint density at radius 2 is 2.05 bits per heavy atom. The molecule has 4 atom stereocenters. The summed E-state index contributed by atoms with van der Waals surface area (Å²) in [6.45, 7) is 2.78. The largest absolute Gasteiger partial charge is 0.396 e. The topological polar surface area (TPSA) is 50.7 Å². The summed E-state index contributed by atoms with van der Waals surface area (Å²) in [7, 11) is 0. The number of nitrogens with one attached hydrogen (secondary N) is 1. The summed E-state index contributed by atoms with van der Waals surface area (Å²) in [5.41, 5.74) is -0.0146. The highest BCUT2D eigenvalue weighted by Gasteiger charge is 2.41. The van der Waals surface area contributed by atoms with Crippen molar-refractivity contribution in [2.75, 3.05) is 26.4 Å². The van der Waals surface area contributed by atoms with Gasteiger partial charge in [0.15, 0.2) is 0 Å². The van der Waals surface area contributed by atoms with Gasteiger partial charge in [-0.15, -0.1) is 0 Å². The second kappa shape index (κ2) is 6.08. The van der Waals surface area contributed by atoms with Gasteiger partial charge in [0.2, 0.25) is 0 Å². The highest BCUT2D eigenvalue weighted by Crippen LogP contribution is 2.34. The van der Waals surface area contributed by atoms with E-state index in [9.17, 15) is 5.11 Å². The van der Waals surface area contributed by atoms with Gasteiger partial charge in [0, 0.05) is 38.3 Å². The fourth-order valence-corrected chi connectivity index (χ4v) is 3.98. The highest BCUT2D eigenvalue weighted by atomic mass is 16.6. The van der Waals surface area contributed by atoms with Crippen LogP contribution in [0.1, 0.15) is 44.9 Å². The maximum absolute atomic E-state index is 9.51. The molecule has 4 heteroatoms. The first kappa shape index (κ1) is 13.8. The van der Waals surface area contributed by atoms with Crippen molar-refractivity contribution < 1.29 is 14.6 Å². The summed E-state index contributed by atoms with van der Waals surface area (Å²) >= 11 is 0. The second-order valence-electron chi connectivity index (χ2n) is 6.52. The van der Waals surface area contributed by atoms with Crippen molar-refractivity contribution in [1.29, 1.82) is 0 Å². The zero-order chi connectivity index (χ0) is 13.1. The van der Waals surface area contributed by atoms with Crippen LogP contribution in [0.4, 0.5) is 0 Å². The van der Waals surface area contributed by atoms with Crippen LogP contribution in [0.2, 0.25) is 0 Å². The third-order valence-electron chi connectivity index (χ3n) is 5.15. The molecule has 19 heavy (non-hydrogen) atoms. The lowest BCUT2D eigenvalue weighted by atomic mass is 9.83. The van der Waals surface area contributed by atoms with Gasteiger partial charge in [0.1, 0.15) is 0 Å². The van der Waals surface area contributed by atoms with Gasteiger partial charge in [-0.05, 0) is 31.6 Å². The summed E-state index contributed by atoms with van der Waals surface area (Å²) in [5.74, 6) is 0.451. The van der Waals surface area contributed by atoms with Crippen molar-refractivity contribution in [1.82, 2.24) is 5.32 Å². The maximum atomic E-state index is 9.51. The lowest BCUT2D eigenvalue weighted by Crippen LogP contribution is -2.52. The van der Waals surface area contributed by atoms with E-state index in [0.717, 1.165) is 39.1 Å². The number of hydrogen-bond donors (Lipinski definition) is 2. The number of aliphatic hydroxyl groups is 1. The zero-order valence-electron chi connectivity index (χ0n) is 11.8. The van der Waals surface area contributed by atoms with Gasteiger partial charge in [-0.1, -0.05) is 12.8 Å². The van der Waals surface area contributed by atoms with Crippen molar-refractivity contribution >= 4 is 0 Å². The number of aliphatic hydroxyl groups excluding tert-OH is 1. The van der Waals surface area contributed by atoms with E-state index in [4.69, 9.17) is 9.47 Å². The van der Waals surface area contributed by atoms with Gasteiger partial charge in [-0.3, -0.25) is 0 Å². The van der Waals surface area contributed by atoms with Gasteiger partial charge >= 0.3 is 0 Å². The molecule has 0 aromatic carbocycles. The van der Waals surface area contributed by atoms with Crippen LogP contribution in [0, 0.1) is 5.92 Å². The zero-order valence-corrected chi connectivity index (χ0v) is 11.8. The minimum absolute atomic E-state index is 0.0146. The molecule has 3 aliphatic rings. The lowest BCUT2D eigenvalue weighted by molar-refractivity contribution is -0.0916. The molecule has 2 heterocycles. The number of hydrogen-bond acceptors (Lipinski definition) is 4. The van der Waals surface area contributed by atoms with Crippen molar-refractivity contribution in [3.05, 3.63) is 0 Å². The molecule has 2 N–H and O–H groups in total. The molecule has 110 valence electrons. The molecule has 4 unspecified atom stereocenters. The quantitative estimate of drug-likeness (QED) is 0.814. The van der Waals surface area contributed by atoms with Gasteiger partial charge in [0.25, 0.3) is 0 Å². The molecular formula is C15H27NO3. The van der Waals surface area contributed by atoms with Gasteiger partial charge < -0.3 is 19.9 Å². The third kappa shape index (κ3) is 3.13. The van der Waals surface area contributed by atoms with Crippen LogP contribution in [0.25, 0.3) is 0 Å². The van der Waals surface area contributed by atoms with E-state index in [1.165, 1.54) is 25.7 Å². The molecule has 0 aromatic heterocycles. The standard InChI is InChI=1S/C15H27NO3/c17-10-12-3-1-2-4-14(12)16-13-5-7-19-15(9-13)6-8-18-11-15/h12-14,16-17H,1-11H2. The predicted molar refractivity (Wildman–Crippen MR) is 73.1 cm³/mol. The molecule has 1 spiro atoms. The fraction of sp³-hybridized carbons (Fsp3) is 1.00. The summed E-state index contributed by atoms with van der Waals surface area (Å²) in [5, 5.41) is 13.3. The Morgan fingerprint density at radius 1 is 1.16 bits per heavy atom. The molecule has 2 aliphatic heterocycles. The molecule has 0 aromatic rings. The Labute approximate surface area is 115 Å². The van der Waals surface area contributed by atoms with Crippen LogP contribution >= 0.6 is 0 Å². The molecule has 0 amide bonds. The van der Waals surface area contributed by atoms with Crippen molar-refractivity contribution in [2.24, 2.45) is 5.92 Å². The minimum Gasteiger partial charge on any atom is -0.396 e. The molecule has 4 nitrogen and oxygen atoms in total. The van der Waals surface area contributed by atoms with Crippen LogP contribution in [0.3, 0.4) is 0 Å². The van der Waals surface area contributed by atoms with E-state index in [2.05, 4.69) is 5.32 Å². The monoisotopic (exact) mass is 269 g/mol. The number of rotatable bonds is 3. The molecule has 1 aliphatic carbocycles. The normalized spacial score (nSPS) is 43.7. The Kier molecular flexibility index (Phi) is 4.42. The van der Waals surface area contributed by atoms with Crippen LogP contribution in [-0.4, -0.2) is 49.2 Å². The summed E-state index contributed by atoms with van der Waals surface area (Å²) in [6.07, 6.45) is 8.16. The second-order valence-corrected chi connectivity index (χ2v) is 6.52. The number of ether oxygens (including phenoxy) is 2. The van der Waals surface area contributed by atoms with E-state index in [1.807, 2.05) is 0 Å². The van der Waals surface area contributed by atoms with Crippen molar-refractivity contribution in [3.8, 4) is 0 Å². The average Bonchev–Trinajstić information content (AvgIpc) is 2.87. The fourth-order valence-electron chi connectivity index (χ4n) is 3.98. The Hall–Kier alpha value is -0.160. The Bertz CT molecular complexity index is 291. The molecule has 2 saturated heterocycles. The van der Waals surface area contributed by atoms with Gasteiger partial charge in [0.05, 0.1) is 12.2 Å². The van der Waals surface area contributed by atoms with Crippen LogP contribution in [0.5, 0.6) is 0 Å². The lowest BCUT2D eigenvalue weighted by Gasteiger charge is -2.41. The Balaban J connectivity index is 1.56. The summed E-state index contributed by atoms with van der Waals surface area (Å²) in [6, 6.07) is 1.04. The van der Waals surface area contributed by atoms with Gasteiger partial charge in [-0.25, -0.2) is 0 Å². The predicted octanol–water partition coefficient (Wildman–Crippen LogP) is 1.47. The molecule has 3 fully saturated rings. The van der Waals surface area contributed by atoms with Crippen LogP contribution in [0.15, 0.2) is 0 Å². The van der Waals surface area contributed by atoms with Crippen molar-refractivity contribution in [2.45, 2.75) is 62.6 Å². The first-order valence-corrected chi connectivity index (χ1v) is 7.90. The molecular weight excluding hydrogens is 242 g/mol. The Morgan fingerprint density at radius 3 is 2.84 bits per heavy atom. The SMILES string of the molecule is OCC1CCCCC1NC1CCOC2(CCOC2)C1. The smallest absolute Gasteiger partial charge is 0.0951 e. The molecule has 0 radical (unpaired) electrons. The summed E-state index contributed by atoms with van der Waals surface area (Å²) < 4.78 is 11.5. The summed E-state index contributed by atoms with van der Waals surface area (Å²) in [4.78, 5) is 0. The van der Waals surface area contributed by atoms with Gasteiger partial charge in [-0.2, -0.15) is 0 Å². The first-order valence-electron chi connectivity index (χ1n) is 7.90. The highest BCUT2D eigenvalue weighted by molar-refractivity contribution is 4.94. The van der Waals surface area contributed by atoms with E-state index in [0.29, 0.717) is 24.6 Å². The van der Waals surface area contributed by atoms with E-state index in [-0.39, 0.29) is 5.60 Å². The van der Waals surface area contributed by atoms with Crippen LogP contribution in [-0.2, 0) is 9.47 Å². The average molecular weight is 269 g/mol. The van der Waals surface area contributed by atoms with E-state index in [1.54, 1.807) is 0 Å². The molecule has 1 saturated carbocycles. The maximum Gasteiger partial charge on any atom is 0.0951 e. The van der Waals surface area contributed by atoms with E-state index >= 15 is 0 Å². The van der Waals surface area contributed by atoms with Crippen LogP contribution < -0.4 is 5.32 Å². The molecule has 0 bridgehead atoms. The van der Waals surface area contributed by atoms with Crippen molar-refractivity contribution in [3.63, 3.8) is 0 Å². The van der Waals surface area contributed by atoms with E-state index < -0.39 is 0 Å². The third-order valence-corrected chi connectivity index (χ3v) is 5.15. The first-order chi connectivity index (χ1) is 9.31. The molecule has 3 rings (SSSR count).